The minimum atomic E-state index is -0.855. The van der Waals surface area contributed by atoms with Gasteiger partial charge in [-0.1, -0.05) is 44.2 Å². The zero-order chi connectivity index (χ0) is 24.4. The number of carbonyl (C=O) groups is 2. The monoisotopic (exact) mass is 477 g/mol. The maximum atomic E-state index is 13.3. The van der Waals surface area contributed by atoms with E-state index >= 15 is 0 Å². The minimum absolute atomic E-state index is 0.0537. The van der Waals surface area contributed by atoms with Crippen LogP contribution in [-0.2, 0) is 9.59 Å². The summed E-state index contributed by atoms with van der Waals surface area (Å²) < 4.78 is 5.72. The number of rotatable bonds is 8. The predicted octanol–water partition coefficient (Wildman–Crippen LogP) is 5.22. The van der Waals surface area contributed by atoms with Crippen molar-refractivity contribution in [3.05, 3.63) is 82.4 Å². The number of benzene rings is 2. The second kappa shape index (κ2) is 9.83. The number of ketones is 1. The molecular weight excluding hydrogens is 450 g/mol. The lowest BCUT2D eigenvalue weighted by Gasteiger charge is -2.28. The summed E-state index contributed by atoms with van der Waals surface area (Å²) in [6.45, 7) is 5.41. The number of ether oxygens (including phenoxy) is 1. The van der Waals surface area contributed by atoms with Gasteiger partial charge < -0.3 is 14.9 Å². The van der Waals surface area contributed by atoms with Crippen LogP contribution in [0.4, 0.5) is 5.69 Å². The fraction of sp³-hybridized carbons (Fsp3) is 0.259. The van der Waals surface area contributed by atoms with Crippen molar-refractivity contribution in [3.63, 3.8) is 0 Å². The SMILES string of the molecule is Cc1ccc(-c2ccc(N3C(=O)C(O)=C(C(=O)C(C)C)C3c3ccccc3OCCO)cc2)s1. The highest BCUT2D eigenvalue weighted by molar-refractivity contribution is 7.15. The van der Waals surface area contributed by atoms with Crippen molar-refractivity contribution < 1.29 is 24.5 Å². The average molecular weight is 478 g/mol. The van der Waals surface area contributed by atoms with Gasteiger partial charge in [-0.2, -0.15) is 0 Å². The molecular formula is C27H27NO5S. The van der Waals surface area contributed by atoms with Gasteiger partial charge in [0, 0.05) is 26.9 Å². The predicted molar refractivity (Wildman–Crippen MR) is 133 cm³/mol. The Bertz CT molecular complexity index is 1240. The molecule has 6 nitrogen and oxygen atoms in total. The van der Waals surface area contributed by atoms with E-state index in [1.165, 1.54) is 9.78 Å². The van der Waals surface area contributed by atoms with E-state index in [2.05, 4.69) is 12.1 Å². The molecule has 2 N–H and O–H groups in total. The van der Waals surface area contributed by atoms with Crippen LogP contribution in [0.1, 0.15) is 30.3 Å². The Morgan fingerprint density at radius 1 is 1.09 bits per heavy atom. The number of Topliss-reactive ketones (excluding diaryl/α,β-unsaturated/α-hetero) is 1. The number of aliphatic hydroxyl groups excluding tert-OH is 2. The van der Waals surface area contributed by atoms with Gasteiger partial charge in [0.25, 0.3) is 5.91 Å². The van der Waals surface area contributed by atoms with E-state index in [9.17, 15) is 19.8 Å². The Morgan fingerprint density at radius 2 is 1.79 bits per heavy atom. The number of aliphatic hydroxyl groups is 2. The van der Waals surface area contributed by atoms with Gasteiger partial charge in [-0.3, -0.25) is 14.5 Å². The van der Waals surface area contributed by atoms with Gasteiger partial charge in [0.15, 0.2) is 11.5 Å². The zero-order valence-electron chi connectivity index (χ0n) is 19.3. The van der Waals surface area contributed by atoms with Crippen LogP contribution in [-0.4, -0.2) is 35.1 Å². The number of carbonyl (C=O) groups excluding carboxylic acids is 2. The fourth-order valence-corrected chi connectivity index (χ4v) is 4.97. The Morgan fingerprint density at radius 3 is 2.41 bits per heavy atom. The lowest BCUT2D eigenvalue weighted by atomic mass is 9.90. The molecule has 1 atom stereocenters. The van der Waals surface area contributed by atoms with Gasteiger partial charge in [0.05, 0.1) is 18.2 Å². The highest BCUT2D eigenvalue weighted by Crippen LogP contribution is 2.45. The number of aryl methyl sites for hydroxylation is 1. The van der Waals surface area contributed by atoms with Crippen LogP contribution in [0.15, 0.2) is 72.0 Å². The maximum Gasteiger partial charge on any atom is 0.294 e. The third kappa shape index (κ3) is 4.36. The van der Waals surface area contributed by atoms with Crippen LogP contribution >= 0.6 is 11.3 Å². The van der Waals surface area contributed by atoms with E-state index in [1.54, 1.807) is 49.4 Å². The maximum absolute atomic E-state index is 13.3. The van der Waals surface area contributed by atoms with Gasteiger partial charge in [-0.05, 0) is 42.8 Å². The highest BCUT2D eigenvalue weighted by Gasteiger charge is 2.45. The molecule has 176 valence electrons. The zero-order valence-corrected chi connectivity index (χ0v) is 20.1. The first-order valence-electron chi connectivity index (χ1n) is 11.1. The summed E-state index contributed by atoms with van der Waals surface area (Å²) in [6, 6.07) is 17.8. The van der Waals surface area contributed by atoms with Crippen molar-refractivity contribution in [2.45, 2.75) is 26.8 Å². The number of hydrogen-bond donors (Lipinski definition) is 2. The summed E-state index contributed by atoms with van der Waals surface area (Å²) in [5, 5.41) is 20.1. The van der Waals surface area contributed by atoms with Crippen LogP contribution in [0.2, 0.25) is 0 Å². The largest absolute Gasteiger partial charge is 0.503 e. The van der Waals surface area contributed by atoms with Gasteiger partial charge in [0.2, 0.25) is 0 Å². The molecule has 3 aromatic rings. The van der Waals surface area contributed by atoms with Gasteiger partial charge in [0.1, 0.15) is 12.4 Å². The van der Waals surface area contributed by atoms with Crippen molar-refractivity contribution in [1.29, 1.82) is 0 Å². The first-order valence-corrected chi connectivity index (χ1v) is 12.0. The second-order valence-corrected chi connectivity index (χ2v) is 9.71. The molecule has 0 fully saturated rings. The van der Waals surface area contributed by atoms with E-state index in [0.717, 1.165) is 10.4 Å². The van der Waals surface area contributed by atoms with E-state index in [1.807, 2.05) is 31.2 Å². The summed E-state index contributed by atoms with van der Waals surface area (Å²) in [7, 11) is 0. The molecule has 0 saturated carbocycles. The third-order valence-corrected chi connectivity index (χ3v) is 6.78. The summed E-state index contributed by atoms with van der Waals surface area (Å²) in [5.74, 6) is -1.46. The van der Waals surface area contributed by atoms with Crippen molar-refractivity contribution in [2.24, 2.45) is 5.92 Å². The Kier molecular flexibility index (Phi) is 6.86. The molecule has 1 aliphatic heterocycles. The summed E-state index contributed by atoms with van der Waals surface area (Å²) in [5.41, 5.74) is 2.20. The van der Waals surface area contributed by atoms with E-state index in [4.69, 9.17) is 4.74 Å². The molecule has 1 aromatic heterocycles. The van der Waals surface area contributed by atoms with Crippen molar-refractivity contribution in [1.82, 2.24) is 0 Å². The fourth-order valence-electron chi connectivity index (χ4n) is 4.10. The molecule has 2 aromatic carbocycles. The summed E-state index contributed by atoms with van der Waals surface area (Å²) >= 11 is 1.68. The lowest BCUT2D eigenvalue weighted by molar-refractivity contribution is -0.119. The van der Waals surface area contributed by atoms with Gasteiger partial charge in [-0.25, -0.2) is 0 Å². The van der Waals surface area contributed by atoms with E-state index in [-0.39, 0.29) is 24.6 Å². The van der Waals surface area contributed by atoms with Crippen LogP contribution in [0, 0.1) is 12.8 Å². The molecule has 2 heterocycles. The van der Waals surface area contributed by atoms with Crippen LogP contribution < -0.4 is 9.64 Å². The number of amides is 1. The summed E-state index contributed by atoms with van der Waals surface area (Å²) in [4.78, 5) is 30.2. The van der Waals surface area contributed by atoms with Crippen molar-refractivity contribution >= 4 is 28.7 Å². The molecule has 1 aliphatic rings. The first kappa shape index (κ1) is 23.7. The molecule has 1 amide bonds. The first-order chi connectivity index (χ1) is 16.3. The molecule has 0 aliphatic carbocycles. The Labute approximate surface area is 202 Å². The topological polar surface area (TPSA) is 87.1 Å². The molecule has 4 rings (SSSR count). The number of anilines is 1. The van der Waals surface area contributed by atoms with Gasteiger partial charge in [-0.15, -0.1) is 11.3 Å². The number of hydrogen-bond acceptors (Lipinski definition) is 6. The molecule has 0 radical (unpaired) electrons. The summed E-state index contributed by atoms with van der Waals surface area (Å²) in [6.07, 6.45) is 0. The molecule has 0 spiro atoms. The van der Waals surface area contributed by atoms with E-state index in [0.29, 0.717) is 17.0 Å². The normalized spacial score (nSPS) is 16.0. The van der Waals surface area contributed by atoms with Crippen molar-refractivity contribution in [2.75, 3.05) is 18.1 Å². The quantitative estimate of drug-likeness (QED) is 0.465. The lowest BCUT2D eigenvalue weighted by Crippen LogP contribution is -2.31. The molecule has 34 heavy (non-hydrogen) atoms. The number of para-hydroxylation sites is 1. The smallest absolute Gasteiger partial charge is 0.294 e. The number of thiophene rings is 1. The molecule has 7 heteroatoms. The molecule has 1 unspecified atom stereocenters. The average Bonchev–Trinajstić information content (AvgIpc) is 3.38. The van der Waals surface area contributed by atoms with Gasteiger partial charge >= 0.3 is 0 Å². The van der Waals surface area contributed by atoms with Crippen LogP contribution in [0.25, 0.3) is 10.4 Å². The van der Waals surface area contributed by atoms with E-state index < -0.39 is 23.6 Å². The third-order valence-electron chi connectivity index (χ3n) is 5.73. The molecule has 0 bridgehead atoms. The second-order valence-electron chi connectivity index (χ2n) is 8.43. The standard InChI is InChI=1S/C27H27NO5S/c1-16(2)25(30)23-24(20-6-4-5-7-21(20)33-15-14-29)28(27(32)26(23)31)19-11-9-18(10-12-19)22-13-8-17(3)34-22/h4-13,16,24,29,31H,14-15H2,1-3H3. The molecule has 0 saturated heterocycles. The minimum Gasteiger partial charge on any atom is -0.503 e. The Hall–Kier alpha value is -3.42. The van der Waals surface area contributed by atoms with Crippen LogP contribution in [0.3, 0.4) is 0 Å². The van der Waals surface area contributed by atoms with Crippen molar-refractivity contribution in [3.8, 4) is 16.2 Å². The highest BCUT2D eigenvalue weighted by atomic mass is 32.1. The Balaban J connectivity index is 1.82. The number of nitrogens with zero attached hydrogens (tertiary/aromatic N) is 1. The van der Waals surface area contributed by atoms with Crippen LogP contribution in [0.5, 0.6) is 5.75 Å².